The molecule has 11 heavy (non-hydrogen) atoms. The standard InChI is InChI=1S/C8H18N2O/c9-3-5-10-4-1-2-8(6-10)7-11/h8,11H,1-7,9H2/t8-/m0/s1. The Balaban J connectivity index is 2.21. The summed E-state index contributed by atoms with van der Waals surface area (Å²) in [7, 11) is 0. The number of nitrogens with two attached hydrogens (primary N) is 1. The third kappa shape index (κ3) is 2.77. The first-order valence-electron chi connectivity index (χ1n) is 4.40. The predicted octanol–water partition coefficient (Wildman–Crippen LogP) is -0.351. The van der Waals surface area contributed by atoms with Crippen LogP contribution in [0.25, 0.3) is 0 Å². The molecule has 0 unspecified atom stereocenters. The maximum absolute atomic E-state index is 8.92. The minimum absolute atomic E-state index is 0.334. The fourth-order valence-corrected chi connectivity index (χ4v) is 1.69. The third-order valence-electron chi connectivity index (χ3n) is 2.31. The van der Waals surface area contributed by atoms with Crippen LogP contribution in [0.5, 0.6) is 0 Å². The van der Waals surface area contributed by atoms with Crippen LogP contribution < -0.4 is 5.73 Å². The van der Waals surface area contributed by atoms with Gasteiger partial charge in [-0.05, 0) is 25.3 Å². The summed E-state index contributed by atoms with van der Waals surface area (Å²) in [6, 6.07) is 0. The van der Waals surface area contributed by atoms with E-state index in [1.54, 1.807) is 0 Å². The molecule has 1 aliphatic rings. The molecule has 1 rings (SSSR count). The van der Waals surface area contributed by atoms with Crippen molar-refractivity contribution in [2.24, 2.45) is 11.7 Å². The second kappa shape index (κ2) is 4.70. The third-order valence-corrected chi connectivity index (χ3v) is 2.31. The summed E-state index contributed by atoms with van der Waals surface area (Å²) in [5.41, 5.74) is 5.44. The molecule has 0 aromatic carbocycles. The lowest BCUT2D eigenvalue weighted by Gasteiger charge is -2.31. The summed E-state index contributed by atoms with van der Waals surface area (Å²) in [5.74, 6) is 0.496. The highest BCUT2D eigenvalue weighted by Crippen LogP contribution is 2.14. The highest BCUT2D eigenvalue weighted by molar-refractivity contribution is 4.72. The van der Waals surface area contributed by atoms with Gasteiger partial charge in [-0.25, -0.2) is 0 Å². The average Bonchev–Trinajstić information content (AvgIpc) is 2.06. The fourth-order valence-electron chi connectivity index (χ4n) is 1.69. The van der Waals surface area contributed by atoms with Crippen molar-refractivity contribution in [3.63, 3.8) is 0 Å². The van der Waals surface area contributed by atoms with Gasteiger partial charge >= 0.3 is 0 Å². The van der Waals surface area contributed by atoms with Gasteiger partial charge in [-0.1, -0.05) is 0 Å². The maximum atomic E-state index is 8.92. The number of nitrogens with zero attached hydrogens (tertiary/aromatic N) is 1. The van der Waals surface area contributed by atoms with E-state index in [-0.39, 0.29) is 0 Å². The Labute approximate surface area is 68.2 Å². The number of rotatable bonds is 3. The molecule has 1 fully saturated rings. The quantitative estimate of drug-likeness (QED) is 0.590. The first-order valence-corrected chi connectivity index (χ1v) is 4.40. The highest BCUT2D eigenvalue weighted by atomic mass is 16.3. The van der Waals surface area contributed by atoms with Crippen LogP contribution in [0.4, 0.5) is 0 Å². The number of piperidine rings is 1. The van der Waals surface area contributed by atoms with Crippen molar-refractivity contribution in [1.82, 2.24) is 4.90 Å². The van der Waals surface area contributed by atoms with E-state index in [4.69, 9.17) is 10.8 Å². The summed E-state index contributed by atoms with van der Waals surface area (Å²) in [4.78, 5) is 2.34. The first kappa shape index (κ1) is 8.97. The molecule has 1 atom stereocenters. The lowest BCUT2D eigenvalue weighted by molar-refractivity contribution is 0.123. The summed E-state index contributed by atoms with van der Waals surface area (Å²) >= 11 is 0. The van der Waals surface area contributed by atoms with Crippen molar-refractivity contribution in [3.8, 4) is 0 Å². The van der Waals surface area contributed by atoms with Crippen molar-refractivity contribution < 1.29 is 5.11 Å². The van der Waals surface area contributed by atoms with Crippen LogP contribution in [0.1, 0.15) is 12.8 Å². The number of aliphatic hydroxyl groups excluding tert-OH is 1. The summed E-state index contributed by atoms with van der Waals surface area (Å²) in [6.45, 7) is 4.25. The van der Waals surface area contributed by atoms with E-state index in [2.05, 4.69) is 4.90 Å². The first-order chi connectivity index (χ1) is 5.36. The molecule has 0 aromatic heterocycles. The molecule has 1 saturated heterocycles. The van der Waals surface area contributed by atoms with Crippen molar-refractivity contribution in [1.29, 1.82) is 0 Å². The molecule has 3 heteroatoms. The molecule has 0 spiro atoms. The van der Waals surface area contributed by atoms with Gasteiger partial charge in [0, 0.05) is 26.2 Å². The second-order valence-corrected chi connectivity index (χ2v) is 3.28. The largest absolute Gasteiger partial charge is 0.396 e. The van der Waals surface area contributed by atoms with Gasteiger partial charge < -0.3 is 15.7 Å². The van der Waals surface area contributed by atoms with Crippen molar-refractivity contribution in [3.05, 3.63) is 0 Å². The lowest BCUT2D eigenvalue weighted by atomic mass is 9.99. The molecule has 0 aliphatic carbocycles. The molecular weight excluding hydrogens is 140 g/mol. The molecular formula is C8H18N2O. The summed E-state index contributed by atoms with van der Waals surface area (Å²) in [5, 5.41) is 8.92. The topological polar surface area (TPSA) is 49.5 Å². The molecule has 3 nitrogen and oxygen atoms in total. The van der Waals surface area contributed by atoms with Crippen LogP contribution in [0, 0.1) is 5.92 Å². The van der Waals surface area contributed by atoms with E-state index in [0.29, 0.717) is 12.5 Å². The van der Waals surface area contributed by atoms with Crippen LogP contribution in [0.15, 0.2) is 0 Å². The number of hydrogen-bond acceptors (Lipinski definition) is 3. The minimum Gasteiger partial charge on any atom is -0.396 e. The van der Waals surface area contributed by atoms with Crippen molar-refractivity contribution >= 4 is 0 Å². The van der Waals surface area contributed by atoms with E-state index >= 15 is 0 Å². The van der Waals surface area contributed by atoms with Gasteiger partial charge in [0.2, 0.25) is 0 Å². The van der Waals surface area contributed by atoms with Crippen LogP contribution in [-0.2, 0) is 0 Å². The van der Waals surface area contributed by atoms with Crippen molar-refractivity contribution in [2.75, 3.05) is 32.8 Å². The summed E-state index contributed by atoms with van der Waals surface area (Å²) in [6.07, 6.45) is 2.39. The number of aliphatic hydroxyl groups is 1. The van der Waals surface area contributed by atoms with Gasteiger partial charge in [0.05, 0.1) is 0 Å². The molecule has 0 radical (unpaired) electrons. The fraction of sp³-hybridized carbons (Fsp3) is 1.00. The smallest absolute Gasteiger partial charge is 0.0471 e. The predicted molar refractivity (Wildman–Crippen MR) is 45.3 cm³/mol. The van der Waals surface area contributed by atoms with E-state index in [9.17, 15) is 0 Å². The zero-order valence-corrected chi connectivity index (χ0v) is 7.00. The highest BCUT2D eigenvalue weighted by Gasteiger charge is 2.17. The molecule has 3 N–H and O–H groups in total. The van der Waals surface area contributed by atoms with E-state index < -0.39 is 0 Å². The Morgan fingerprint density at radius 2 is 2.36 bits per heavy atom. The molecule has 66 valence electrons. The summed E-state index contributed by atoms with van der Waals surface area (Å²) < 4.78 is 0. The van der Waals surface area contributed by atoms with Crippen LogP contribution in [-0.4, -0.2) is 42.8 Å². The average molecular weight is 158 g/mol. The molecule has 1 heterocycles. The minimum atomic E-state index is 0.334. The van der Waals surface area contributed by atoms with Gasteiger partial charge in [-0.3, -0.25) is 0 Å². The monoisotopic (exact) mass is 158 g/mol. The molecule has 0 bridgehead atoms. The Bertz CT molecular complexity index is 106. The van der Waals surface area contributed by atoms with Gasteiger partial charge in [-0.2, -0.15) is 0 Å². The van der Waals surface area contributed by atoms with Crippen LogP contribution >= 0.6 is 0 Å². The SMILES string of the molecule is NCCN1CCC[C@H](CO)C1. The number of hydrogen-bond donors (Lipinski definition) is 2. The van der Waals surface area contributed by atoms with E-state index in [1.807, 2.05) is 0 Å². The second-order valence-electron chi connectivity index (χ2n) is 3.28. The Morgan fingerprint density at radius 1 is 1.55 bits per heavy atom. The van der Waals surface area contributed by atoms with Crippen LogP contribution in [0.3, 0.4) is 0 Å². The Hall–Kier alpha value is -0.120. The van der Waals surface area contributed by atoms with Crippen molar-refractivity contribution in [2.45, 2.75) is 12.8 Å². The Morgan fingerprint density at radius 3 is 3.00 bits per heavy atom. The van der Waals surface area contributed by atoms with Gasteiger partial charge in [0.15, 0.2) is 0 Å². The zero-order chi connectivity index (χ0) is 8.10. The normalized spacial score (nSPS) is 27.3. The van der Waals surface area contributed by atoms with Crippen LogP contribution in [0.2, 0.25) is 0 Å². The molecule has 0 aromatic rings. The maximum Gasteiger partial charge on any atom is 0.0471 e. The molecule has 0 amide bonds. The van der Waals surface area contributed by atoms with E-state index in [1.165, 1.54) is 12.8 Å². The van der Waals surface area contributed by atoms with Gasteiger partial charge in [0.1, 0.15) is 0 Å². The van der Waals surface area contributed by atoms with Gasteiger partial charge in [0.25, 0.3) is 0 Å². The van der Waals surface area contributed by atoms with Gasteiger partial charge in [-0.15, -0.1) is 0 Å². The zero-order valence-electron chi connectivity index (χ0n) is 7.00. The van der Waals surface area contributed by atoms with E-state index in [0.717, 1.165) is 26.2 Å². The Kier molecular flexibility index (Phi) is 3.83. The lowest BCUT2D eigenvalue weighted by Crippen LogP contribution is -2.39. The number of likely N-dealkylation sites (tertiary alicyclic amines) is 1. The molecule has 1 aliphatic heterocycles. The molecule has 0 saturated carbocycles.